The highest BCUT2D eigenvalue weighted by molar-refractivity contribution is 7.14. The molecule has 1 atom stereocenters. The molecule has 2 aromatic heterocycles. The number of aryl methyl sites for hydroxylation is 1. The van der Waals surface area contributed by atoms with E-state index in [9.17, 15) is 19.7 Å². The van der Waals surface area contributed by atoms with Crippen molar-refractivity contribution in [3.8, 4) is 11.3 Å². The van der Waals surface area contributed by atoms with Crippen LogP contribution in [0.2, 0.25) is 0 Å². The fourth-order valence-corrected chi connectivity index (χ4v) is 3.87. The van der Waals surface area contributed by atoms with Crippen molar-refractivity contribution < 1.29 is 19.2 Å². The summed E-state index contributed by atoms with van der Waals surface area (Å²) in [6.45, 7) is 1.49. The third-order valence-corrected chi connectivity index (χ3v) is 5.61. The van der Waals surface area contributed by atoms with Crippen molar-refractivity contribution in [2.24, 2.45) is 0 Å². The summed E-state index contributed by atoms with van der Waals surface area (Å²) in [6.07, 6.45) is -0.188. The number of benzene rings is 1. The number of nitro benzene ring substituents is 1. The number of nitrogens with one attached hydrogen (secondary N) is 1. The lowest BCUT2D eigenvalue weighted by atomic mass is 10.1. The molecule has 29 heavy (non-hydrogen) atoms. The molecule has 1 unspecified atom stereocenters. The number of aromatic nitrogens is 1. The van der Waals surface area contributed by atoms with Crippen LogP contribution in [0.1, 0.15) is 18.2 Å². The quantitative estimate of drug-likeness (QED) is 0.324. The molecule has 3 aromatic rings. The van der Waals surface area contributed by atoms with E-state index < -0.39 is 22.9 Å². The van der Waals surface area contributed by atoms with Gasteiger partial charge in [-0.15, -0.1) is 22.7 Å². The number of thiophene rings is 1. The number of hydrogen-bond acceptors (Lipinski definition) is 8. The molecule has 0 fully saturated rings. The van der Waals surface area contributed by atoms with Crippen molar-refractivity contribution in [1.82, 2.24) is 4.98 Å². The zero-order valence-electron chi connectivity index (χ0n) is 15.4. The summed E-state index contributed by atoms with van der Waals surface area (Å²) in [5.74, 6) is -0.938. The molecule has 0 saturated carbocycles. The molecule has 1 N–H and O–H groups in total. The highest BCUT2D eigenvalue weighted by Crippen LogP contribution is 2.27. The Bertz CT molecular complexity index is 1020. The van der Waals surface area contributed by atoms with E-state index in [1.54, 1.807) is 28.8 Å². The first kappa shape index (κ1) is 20.6. The maximum atomic E-state index is 12.3. The minimum Gasteiger partial charge on any atom is -0.453 e. The van der Waals surface area contributed by atoms with Crippen LogP contribution in [0.3, 0.4) is 0 Å². The van der Waals surface area contributed by atoms with Crippen molar-refractivity contribution in [2.75, 3.05) is 5.32 Å². The molecule has 150 valence electrons. The van der Waals surface area contributed by atoms with Crippen LogP contribution in [0.25, 0.3) is 11.3 Å². The molecule has 2 heterocycles. The van der Waals surface area contributed by atoms with Crippen LogP contribution < -0.4 is 5.32 Å². The van der Waals surface area contributed by atoms with E-state index in [-0.39, 0.29) is 12.1 Å². The molecular weight excluding hydrogens is 414 g/mol. The SMILES string of the molecule is CC(OC(=O)CCc1cccs1)C(=O)Nc1nc(-c2cccc([N+](=O)[O-])c2)cs1. The summed E-state index contributed by atoms with van der Waals surface area (Å²) >= 11 is 2.74. The van der Waals surface area contributed by atoms with Crippen LogP contribution in [0.5, 0.6) is 0 Å². The zero-order chi connectivity index (χ0) is 20.8. The van der Waals surface area contributed by atoms with E-state index >= 15 is 0 Å². The number of carbonyl (C=O) groups excluding carboxylic acids is 2. The normalized spacial score (nSPS) is 11.6. The second-order valence-corrected chi connectivity index (χ2v) is 7.94. The molecule has 0 saturated heterocycles. The lowest BCUT2D eigenvalue weighted by Crippen LogP contribution is -2.30. The van der Waals surface area contributed by atoms with Gasteiger partial charge in [0.2, 0.25) is 0 Å². The van der Waals surface area contributed by atoms with E-state index in [4.69, 9.17) is 4.74 Å². The van der Waals surface area contributed by atoms with Gasteiger partial charge in [0, 0.05) is 28.0 Å². The third-order valence-electron chi connectivity index (χ3n) is 3.92. The Morgan fingerprint density at radius 1 is 1.28 bits per heavy atom. The molecule has 10 heteroatoms. The van der Waals surface area contributed by atoms with Gasteiger partial charge in [0.1, 0.15) is 0 Å². The Balaban J connectivity index is 1.54. The number of non-ortho nitro benzene ring substituents is 1. The van der Waals surface area contributed by atoms with Gasteiger partial charge in [0.25, 0.3) is 11.6 Å². The number of anilines is 1. The molecule has 1 aromatic carbocycles. The molecule has 0 aliphatic carbocycles. The summed E-state index contributed by atoms with van der Waals surface area (Å²) in [7, 11) is 0. The molecule has 0 bridgehead atoms. The smallest absolute Gasteiger partial charge is 0.306 e. The second-order valence-electron chi connectivity index (χ2n) is 6.05. The van der Waals surface area contributed by atoms with Gasteiger partial charge in [-0.2, -0.15) is 0 Å². The third kappa shape index (κ3) is 5.69. The second kappa shape index (κ2) is 9.39. The van der Waals surface area contributed by atoms with Crippen LogP contribution in [0.15, 0.2) is 47.2 Å². The maximum Gasteiger partial charge on any atom is 0.306 e. The molecule has 0 aliphatic heterocycles. The monoisotopic (exact) mass is 431 g/mol. The predicted octanol–water partition coefficient (Wildman–Crippen LogP) is 4.28. The molecular formula is C19H17N3O5S2. The summed E-state index contributed by atoms with van der Waals surface area (Å²) < 4.78 is 5.17. The summed E-state index contributed by atoms with van der Waals surface area (Å²) in [4.78, 5) is 40.0. The molecule has 0 aliphatic rings. The number of amides is 1. The number of thiazole rings is 1. The Labute approximate surface area is 174 Å². The molecule has 0 spiro atoms. The van der Waals surface area contributed by atoms with Crippen LogP contribution in [-0.2, 0) is 20.7 Å². The number of hydrogen-bond donors (Lipinski definition) is 1. The first-order chi connectivity index (χ1) is 13.9. The van der Waals surface area contributed by atoms with Gasteiger partial charge in [-0.05, 0) is 24.8 Å². The van der Waals surface area contributed by atoms with Crippen LogP contribution in [-0.4, -0.2) is 27.9 Å². The first-order valence-electron chi connectivity index (χ1n) is 8.65. The Kier molecular flexibility index (Phi) is 6.68. The van der Waals surface area contributed by atoms with Gasteiger partial charge in [-0.1, -0.05) is 18.2 Å². The number of ether oxygens (including phenoxy) is 1. The van der Waals surface area contributed by atoms with Crippen LogP contribution >= 0.6 is 22.7 Å². The van der Waals surface area contributed by atoms with Gasteiger partial charge in [0.15, 0.2) is 11.2 Å². The largest absolute Gasteiger partial charge is 0.453 e. The summed E-state index contributed by atoms with van der Waals surface area (Å²) in [6, 6.07) is 9.94. The van der Waals surface area contributed by atoms with Gasteiger partial charge in [0.05, 0.1) is 17.0 Å². The minimum absolute atomic E-state index is 0.0378. The average Bonchev–Trinajstić information content (AvgIpc) is 3.38. The highest BCUT2D eigenvalue weighted by Gasteiger charge is 2.19. The number of nitrogens with zero attached hydrogens (tertiary/aromatic N) is 2. The Morgan fingerprint density at radius 2 is 2.10 bits per heavy atom. The van der Waals surface area contributed by atoms with Crippen molar-refractivity contribution in [3.05, 3.63) is 62.1 Å². The number of esters is 1. The van der Waals surface area contributed by atoms with E-state index in [1.165, 1.54) is 30.4 Å². The fourth-order valence-electron chi connectivity index (χ4n) is 2.44. The zero-order valence-corrected chi connectivity index (χ0v) is 17.0. The highest BCUT2D eigenvalue weighted by atomic mass is 32.1. The van der Waals surface area contributed by atoms with Gasteiger partial charge in [-0.25, -0.2) is 4.98 Å². The standard InChI is InChI=1S/C19H17N3O5S2/c1-12(27-17(23)8-7-15-6-3-9-28-15)18(24)21-19-20-16(11-29-19)13-4-2-5-14(10-13)22(25)26/h2-6,9-12H,7-8H2,1H3,(H,20,21,24). The Morgan fingerprint density at radius 3 is 2.83 bits per heavy atom. The predicted molar refractivity (Wildman–Crippen MR) is 111 cm³/mol. The van der Waals surface area contributed by atoms with E-state index in [0.29, 0.717) is 22.8 Å². The molecule has 1 amide bonds. The summed E-state index contributed by atoms with van der Waals surface area (Å²) in [5.41, 5.74) is 1.04. The molecule has 8 nitrogen and oxygen atoms in total. The maximum absolute atomic E-state index is 12.3. The van der Waals surface area contributed by atoms with Crippen LogP contribution in [0, 0.1) is 10.1 Å². The topological polar surface area (TPSA) is 111 Å². The fraction of sp³-hybridized carbons (Fsp3) is 0.211. The van der Waals surface area contributed by atoms with E-state index in [2.05, 4.69) is 10.3 Å². The van der Waals surface area contributed by atoms with Crippen LogP contribution in [0.4, 0.5) is 10.8 Å². The Hall–Kier alpha value is -3.11. The number of nitro groups is 1. The first-order valence-corrected chi connectivity index (χ1v) is 10.4. The number of carbonyl (C=O) groups is 2. The molecule has 3 rings (SSSR count). The van der Waals surface area contributed by atoms with Gasteiger partial charge >= 0.3 is 5.97 Å². The number of rotatable bonds is 8. The molecule has 0 radical (unpaired) electrons. The van der Waals surface area contributed by atoms with Gasteiger partial charge < -0.3 is 4.74 Å². The van der Waals surface area contributed by atoms with Crippen molar-refractivity contribution in [3.63, 3.8) is 0 Å². The lowest BCUT2D eigenvalue weighted by molar-refractivity contribution is -0.384. The van der Waals surface area contributed by atoms with Gasteiger partial charge in [-0.3, -0.25) is 25.0 Å². The summed E-state index contributed by atoms with van der Waals surface area (Å²) in [5, 5.41) is 17.4. The van der Waals surface area contributed by atoms with E-state index in [1.807, 2.05) is 17.5 Å². The lowest BCUT2D eigenvalue weighted by Gasteiger charge is -2.12. The van der Waals surface area contributed by atoms with E-state index in [0.717, 1.165) is 4.88 Å². The average molecular weight is 431 g/mol. The minimum atomic E-state index is -0.962. The van der Waals surface area contributed by atoms with Crippen molar-refractivity contribution in [1.29, 1.82) is 0 Å². The van der Waals surface area contributed by atoms with Crippen molar-refractivity contribution in [2.45, 2.75) is 25.9 Å². The van der Waals surface area contributed by atoms with Crippen molar-refractivity contribution >= 4 is 45.4 Å².